The Kier molecular flexibility index (Phi) is 3.67. The van der Waals surface area contributed by atoms with Crippen molar-refractivity contribution >= 4 is 0 Å². The largest absolute Gasteiger partial charge is 0.508 e. The van der Waals surface area contributed by atoms with E-state index in [0.717, 1.165) is 17.8 Å². The molecule has 0 fully saturated rings. The van der Waals surface area contributed by atoms with Gasteiger partial charge in [0.1, 0.15) is 5.75 Å². The van der Waals surface area contributed by atoms with Crippen LogP contribution in [-0.4, -0.2) is 14.9 Å². The molecule has 0 radical (unpaired) electrons. The van der Waals surface area contributed by atoms with E-state index in [1.807, 2.05) is 37.0 Å². The molecule has 2 aromatic rings. The van der Waals surface area contributed by atoms with E-state index in [9.17, 15) is 5.11 Å². The van der Waals surface area contributed by atoms with Gasteiger partial charge in [-0.2, -0.15) is 5.10 Å². The maximum absolute atomic E-state index is 9.25. The molecule has 96 valence electrons. The topological polar surface area (TPSA) is 50.1 Å². The first-order valence-electron chi connectivity index (χ1n) is 6.07. The third-order valence-electron chi connectivity index (χ3n) is 3.11. The summed E-state index contributed by atoms with van der Waals surface area (Å²) in [6, 6.07) is 7.53. The smallest absolute Gasteiger partial charge is 0.115 e. The van der Waals surface area contributed by atoms with Crippen LogP contribution in [0.15, 0.2) is 30.5 Å². The van der Waals surface area contributed by atoms with Crippen molar-refractivity contribution in [2.24, 2.45) is 7.05 Å². The lowest BCUT2D eigenvalue weighted by Gasteiger charge is -2.13. The molecule has 0 aliphatic rings. The average molecular weight is 245 g/mol. The molecule has 0 amide bonds. The average Bonchev–Trinajstić information content (AvgIpc) is 2.66. The fourth-order valence-electron chi connectivity index (χ4n) is 1.97. The second kappa shape index (κ2) is 5.23. The Morgan fingerprint density at radius 2 is 2.00 bits per heavy atom. The first kappa shape index (κ1) is 12.6. The van der Waals surface area contributed by atoms with Crippen LogP contribution in [0.1, 0.15) is 29.8 Å². The minimum absolute atomic E-state index is 0.241. The first-order chi connectivity index (χ1) is 8.56. The number of nitrogens with zero attached hydrogens (tertiary/aromatic N) is 2. The summed E-state index contributed by atoms with van der Waals surface area (Å²) < 4.78 is 1.83. The van der Waals surface area contributed by atoms with Gasteiger partial charge in [0.05, 0.1) is 5.69 Å². The molecule has 2 rings (SSSR count). The van der Waals surface area contributed by atoms with Gasteiger partial charge in [-0.05, 0) is 31.5 Å². The minimum atomic E-state index is 0.241. The Hall–Kier alpha value is -1.81. The van der Waals surface area contributed by atoms with Crippen LogP contribution in [0.3, 0.4) is 0 Å². The number of hydrogen-bond donors (Lipinski definition) is 2. The van der Waals surface area contributed by atoms with E-state index in [2.05, 4.69) is 17.3 Å². The molecule has 0 spiro atoms. The van der Waals surface area contributed by atoms with Crippen LogP contribution >= 0.6 is 0 Å². The number of benzene rings is 1. The molecule has 0 bridgehead atoms. The molecule has 4 nitrogen and oxygen atoms in total. The predicted octanol–water partition coefficient (Wildman–Crippen LogP) is 2.28. The molecule has 1 unspecified atom stereocenters. The van der Waals surface area contributed by atoms with Gasteiger partial charge in [-0.15, -0.1) is 0 Å². The van der Waals surface area contributed by atoms with Gasteiger partial charge in [0.25, 0.3) is 0 Å². The lowest BCUT2D eigenvalue weighted by molar-refractivity contribution is 0.474. The summed E-state index contributed by atoms with van der Waals surface area (Å²) in [7, 11) is 1.93. The zero-order valence-electron chi connectivity index (χ0n) is 11.0. The summed E-state index contributed by atoms with van der Waals surface area (Å²) in [5.41, 5.74) is 3.43. The number of hydrogen-bond acceptors (Lipinski definition) is 3. The molecule has 0 saturated heterocycles. The summed E-state index contributed by atoms with van der Waals surface area (Å²) >= 11 is 0. The zero-order chi connectivity index (χ0) is 13.1. The van der Waals surface area contributed by atoms with Crippen molar-refractivity contribution in [3.8, 4) is 5.75 Å². The number of rotatable bonds is 4. The quantitative estimate of drug-likeness (QED) is 0.869. The number of aromatic nitrogens is 2. The fraction of sp³-hybridized carbons (Fsp3) is 0.357. The van der Waals surface area contributed by atoms with Gasteiger partial charge >= 0.3 is 0 Å². The Balaban J connectivity index is 1.98. The predicted molar refractivity (Wildman–Crippen MR) is 71.3 cm³/mol. The molecule has 0 aliphatic carbocycles. The molecule has 1 heterocycles. The third-order valence-corrected chi connectivity index (χ3v) is 3.11. The van der Waals surface area contributed by atoms with Gasteiger partial charge in [0, 0.05) is 31.4 Å². The normalized spacial score (nSPS) is 12.6. The lowest BCUT2D eigenvalue weighted by atomic mass is 10.1. The second-order valence-corrected chi connectivity index (χ2v) is 4.61. The maximum Gasteiger partial charge on any atom is 0.115 e. The molecule has 1 aromatic carbocycles. The molecule has 1 aromatic heterocycles. The summed E-state index contributed by atoms with van der Waals surface area (Å²) in [6.45, 7) is 4.92. The highest BCUT2D eigenvalue weighted by molar-refractivity contribution is 5.27. The maximum atomic E-state index is 9.25. The van der Waals surface area contributed by atoms with Crippen molar-refractivity contribution in [2.75, 3.05) is 0 Å². The molecule has 4 heteroatoms. The second-order valence-electron chi connectivity index (χ2n) is 4.61. The summed E-state index contributed by atoms with van der Waals surface area (Å²) in [5, 5.41) is 17.0. The van der Waals surface area contributed by atoms with E-state index >= 15 is 0 Å². The van der Waals surface area contributed by atoms with Crippen molar-refractivity contribution in [2.45, 2.75) is 26.4 Å². The molecule has 1 atom stereocenters. The van der Waals surface area contributed by atoms with E-state index in [1.165, 1.54) is 5.56 Å². The van der Waals surface area contributed by atoms with Gasteiger partial charge in [0.2, 0.25) is 0 Å². The van der Waals surface area contributed by atoms with E-state index in [4.69, 9.17) is 0 Å². The van der Waals surface area contributed by atoms with E-state index in [-0.39, 0.29) is 6.04 Å². The Morgan fingerprint density at radius 1 is 1.33 bits per heavy atom. The molecule has 2 N–H and O–H groups in total. The summed E-state index contributed by atoms with van der Waals surface area (Å²) in [4.78, 5) is 0. The number of phenolic OH excluding ortho intramolecular Hbond substituents is 1. The molecule has 0 saturated carbocycles. The molecule has 0 aliphatic heterocycles. The van der Waals surface area contributed by atoms with Crippen LogP contribution < -0.4 is 5.32 Å². The standard InChI is InChI=1S/C14H19N3O/c1-10(12-4-6-14(18)7-5-12)15-8-13-9-17(3)16-11(13)2/h4-7,9-10,15,18H,8H2,1-3H3. The Morgan fingerprint density at radius 3 is 2.56 bits per heavy atom. The van der Waals surface area contributed by atoms with Gasteiger partial charge < -0.3 is 10.4 Å². The molecular formula is C14H19N3O. The highest BCUT2D eigenvalue weighted by Crippen LogP contribution is 2.17. The van der Waals surface area contributed by atoms with Crippen molar-refractivity contribution < 1.29 is 5.11 Å². The van der Waals surface area contributed by atoms with Crippen LogP contribution in [0.25, 0.3) is 0 Å². The van der Waals surface area contributed by atoms with Crippen molar-refractivity contribution in [1.82, 2.24) is 15.1 Å². The first-order valence-corrected chi connectivity index (χ1v) is 6.07. The van der Waals surface area contributed by atoms with E-state index in [0.29, 0.717) is 5.75 Å². The van der Waals surface area contributed by atoms with Crippen molar-refractivity contribution in [3.63, 3.8) is 0 Å². The number of aryl methyl sites for hydroxylation is 2. The number of aromatic hydroxyl groups is 1. The van der Waals surface area contributed by atoms with Crippen LogP contribution in [0, 0.1) is 6.92 Å². The van der Waals surface area contributed by atoms with Crippen LogP contribution in [0.4, 0.5) is 0 Å². The third kappa shape index (κ3) is 2.90. The van der Waals surface area contributed by atoms with Gasteiger partial charge in [0.15, 0.2) is 0 Å². The van der Waals surface area contributed by atoms with Crippen LogP contribution in [0.5, 0.6) is 5.75 Å². The Labute approximate surface area is 107 Å². The van der Waals surface area contributed by atoms with Crippen molar-refractivity contribution in [1.29, 1.82) is 0 Å². The van der Waals surface area contributed by atoms with Gasteiger partial charge in [-0.3, -0.25) is 4.68 Å². The highest BCUT2D eigenvalue weighted by atomic mass is 16.3. The molecular weight excluding hydrogens is 226 g/mol. The summed E-state index contributed by atoms with van der Waals surface area (Å²) in [6.07, 6.45) is 2.03. The van der Waals surface area contributed by atoms with Gasteiger partial charge in [-0.25, -0.2) is 0 Å². The SMILES string of the molecule is Cc1nn(C)cc1CNC(C)c1ccc(O)cc1. The number of nitrogens with one attached hydrogen (secondary N) is 1. The monoisotopic (exact) mass is 245 g/mol. The Bertz CT molecular complexity index is 516. The minimum Gasteiger partial charge on any atom is -0.508 e. The number of phenols is 1. The van der Waals surface area contributed by atoms with Crippen molar-refractivity contribution in [3.05, 3.63) is 47.3 Å². The molecule has 18 heavy (non-hydrogen) atoms. The van der Waals surface area contributed by atoms with Crippen LogP contribution in [-0.2, 0) is 13.6 Å². The zero-order valence-corrected chi connectivity index (χ0v) is 11.0. The lowest BCUT2D eigenvalue weighted by Crippen LogP contribution is -2.18. The highest BCUT2D eigenvalue weighted by Gasteiger charge is 2.07. The van der Waals surface area contributed by atoms with Crippen LogP contribution in [0.2, 0.25) is 0 Å². The van der Waals surface area contributed by atoms with E-state index < -0.39 is 0 Å². The summed E-state index contributed by atoms with van der Waals surface area (Å²) in [5.74, 6) is 0.300. The fourth-order valence-corrected chi connectivity index (χ4v) is 1.97. The van der Waals surface area contributed by atoms with E-state index in [1.54, 1.807) is 12.1 Å². The van der Waals surface area contributed by atoms with Gasteiger partial charge in [-0.1, -0.05) is 12.1 Å².